The average Bonchev–Trinajstić information content (AvgIpc) is 3.19. The first-order valence-corrected chi connectivity index (χ1v) is 11.0. The summed E-state index contributed by atoms with van der Waals surface area (Å²) in [5, 5.41) is 10.3. The molecular weight excluding hydrogens is 409 g/mol. The van der Waals surface area contributed by atoms with E-state index in [4.69, 9.17) is 36.5 Å². The number of rotatable bonds is 9. The van der Waals surface area contributed by atoms with Crippen molar-refractivity contribution in [2.75, 3.05) is 31.9 Å². The SMILES string of the molecule is CCOP(=O)(COC[C@H]1O[C@@H](n2cnc3c(=S)nc(N)[nH]c32)C[C@@H]1O)OCC. The molecule has 0 amide bonds. The number of ether oxygens (including phenoxy) is 2. The highest BCUT2D eigenvalue weighted by molar-refractivity contribution is 7.71. The number of imidazole rings is 1. The number of fused-ring (bicyclic) bond motifs is 1. The predicted octanol–water partition coefficient (Wildman–Crippen LogP) is 1.96. The van der Waals surface area contributed by atoms with E-state index in [0.717, 1.165) is 0 Å². The van der Waals surface area contributed by atoms with E-state index in [1.807, 2.05) is 0 Å². The lowest BCUT2D eigenvalue weighted by Crippen LogP contribution is -2.26. The number of aromatic nitrogens is 4. The van der Waals surface area contributed by atoms with Crippen molar-refractivity contribution < 1.29 is 28.2 Å². The topological polar surface area (TPSA) is 147 Å². The summed E-state index contributed by atoms with van der Waals surface area (Å²) < 4.78 is 36.1. The molecule has 1 aliphatic rings. The molecule has 0 unspecified atom stereocenters. The van der Waals surface area contributed by atoms with Crippen LogP contribution in [0.5, 0.6) is 0 Å². The van der Waals surface area contributed by atoms with Gasteiger partial charge in [0, 0.05) is 6.42 Å². The maximum atomic E-state index is 12.4. The van der Waals surface area contributed by atoms with Gasteiger partial charge in [-0.3, -0.25) is 9.13 Å². The molecule has 28 heavy (non-hydrogen) atoms. The van der Waals surface area contributed by atoms with Crippen LogP contribution in [0.1, 0.15) is 26.5 Å². The molecule has 0 saturated carbocycles. The number of aliphatic hydroxyl groups is 1. The Hall–Kier alpha value is -1.40. The Morgan fingerprint density at radius 1 is 1.46 bits per heavy atom. The zero-order valence-corrected chi connectivity index (χ0v) is 17.3. The monoisotopic (exact) mass is 433 g/mol. The van der Waals surface area contributed by atoms with E-state index in [2.05, 4.69) is 15.0 Å². The van der Waals surface area contributed by atoms with Crippen LogP contribution in [0.3, 0.4) is 0 Å². The summed E-state index contributed by atoms with van der Waals surface area (Å²) in [6, 6.07) is 0. The lowest BCUT2D eigenvalue weighted by molar-refractivity contribution is -0.0570. The van der Waals surface area contributed by atoms with Gasteiger partial charge in [0.05, 0.1) is 32.3 Å². The fourth-order valence-corrected chi connectivity index (χ4v) is 4.58. The molecule has 3 atom stereocenters. The number of H-pyrrole nitrogens is 1. The van der Waals surface area contributed by atoms with Crippen molar-refractivity contribution in [3.05, 3.63) is 11.0 Å². The molecule has 2 aromatic heterocycles. The molecule has 0 bridgehead atoms. The predicted molar refractivity (Wildman–Crippen MR) is 103 cm³/mol. The number of aliphatic hydroxyl groups excluding tert-OH is 1. The molecule has 0 spiro atoms. The molecule has 1 fully saturated rings. The number of hydrogen-bond donors (Lipinski definition) is 3. The van der Waals surface area contributed by atoms with Gasteiger partial charge in [0.1, 0.15) is 29.8 Å². The van der Waals surface area contributed by atoms with Crippen molar-refractivity contribution in [2.24, 2.45) is 0 Å². The van der Waals surface area contributed by atoms with Crippen LogP contribution in [0.15, 0.2) is 6.33 Å². The van der Waals surface area contributed by atoms with Crippen LogP contribution in [-0.2, 0) is 23.1 Å². The van der Waals surface area contributed by atoms with Crippen LogP contribution < -0.4 is 5.73 Å². The first kappa shape index (κ1) is 21.3. The molecule has 3 heterocycles. The normalized spacial score (nSPS) is 22.9. The van der Waals surface area contributed by atoms with Crippen molar-refractivity contribution in [3.63, 3.8) is 0 Å². The van der Waals surface area contributed by atoms with Crippen molar-refractivity contribution >= 4 is 36.9 Å². The summed E-state index contributed by atoms with van der Waals surface area (Å²) in [6.45, 7) is 3.98. The first-order chi connectivity index (χ1) is 13.4. The molecule has 1 saturated heterocycles. The van der Waals surface area contributed by atoms with E-state index >= 15 is 0 Å². The van der Waals surface area contributed by atoms with E-state index in [-0.39, 0.29) is 36.8 Å². The zero-order valence-electron chi connectivity index (χ0n) is 15.6. The molecule has 13 heteroatoms. The minimum absolute atomic E-state index is 0.0358. The van der Waals surface area contributed by atoms with E-state index in [1.54, 1.807) is 24.7 Å². The molecule has 4 N–H and O–H groups in total. The Morgan fingerprint density at radius 3 is 2.86 bits per heavy atom. The molecule has 1 aliphatic heterocycles. The highest BCUT2D eigenvalue weighted by Gasteiger charge is 2.36. The quantitative estimate of drug-likeness (QED) is 0.396. The molecule has 2 aromatic rings. The van der Waals surface area contributed by atoms with Gasteiger partial charge in [-0.2, -0.15) is 0 Å². The number of nitrogens with two attached hydrogens (primary N) is 1. The number of aromatic amines is 1. The third-order valence-electron chi connectivity index (χ3n) is 4.16. The van der Waals surface area contributed by atoms with Crippen LogP contribution in [0, 0.1) is 4.64 Å². The smallest absolute Gasteiger partial charge is 0.356 e. The fourth-order valence-electron chi connectivity index (χ4n) is 2.99. The highest BCUT2D eigenvalue weighted by Crippen LogP contribution is 2.48. The lowest BCUT2D eigenvalue weighted by atomic mass is 10.2. The molecule has 0 radical (unpaired) electrons. The number of hydrogen-bond acceptors (Lipinski definition) is 10. The first-order valence-electron chi connectivity index (χ1n) is 8.88. The molecular formula is C15H24N5O6PS. The van der Waals surface area contributed by atoms with Gasteiger partial charge in [-0.15, -0.1) is 0 Å². The summed E-state index contributed by atoms with van der Waals surface area (Å²) in [5.74, 6) is 0.167. The summed E-state index contributed by atoms with van der Waals surface area (Å²) in [7, 11) is -3.31. The van der Waals surface area contributed by atoms with E-state index < -0.39 is 26.0 Å². The van der Waals surface area contributed by atoms with Gasteiger partial charge in [-0.25, -0.2) is 9.97 Å². The van der Waals surface area contributed by atoms with E-state index in [1.165, 1.54) is 0 Å². The molecule has 156 valence electrons. The number of nitrogens with one attached hydrogen (secondary N) is 1. The standard InChI is InChI=1S/C15H24N5O6PS/c1-3-24-27(22,25-4-2)8-23-6-10-9(21)5-11(26-10)20-7-17-12-13(20)18-15(16)19-14(12)28/h7,9-11,21H,3-6,8H2,1-2H3,(H3,16,18,19,28)/t9-,10+,11+/m0/s1. The lowest BCUT2D eigenvalue weighted by Gasteiger charge is -2.19. The average molecular weight is 433 g/mol. The van der Waals surface area contributed by atoms with Gasteiger partial charge >= 0.3 is 7.60 Å². The second kappa shape index (κ2) is 8.95. The van der Waals surface area contributed by atoms with Gasteiger partial charge in [-0.05, 0) is 13.8 Å². The molecule has 0 aromatic carbocycles. The van der Waals surface area contributed by atoms with E-state index in [9.17, 15) is 9.67 Å². The van der Waals surface area contributed by atoms with Gasteiger partial charge in [0.15, 0.2) is 10.6 Å². The Balaban J connectivity index is 1.65. The van der Waals surface area contributed by atoms with Crippen molar-refractivity contribution in [1.82, 2.24) is 19.5 Å². The van der Waals surface area contributed by atoms with E-state index in [0.29, 0.717) is 17.6 Å². The minimum Gasteiger partial charge on any atom is -0.390 e. The fraction of sp³-hybridized carbons (Fsp3) is 0.667. The summed E-state index contributed by atoms with van der Waals surface area (Å²) in [5.41, 5.74) is 6.79. The maximum absolute atomic E-state index is 12.4. The van der Waals surface area contributed by atoms with Crippen molar-refractivity contribution in [3.8, 4) is 0 Å². The second-order valence-electron chi connectivity index (χ2n) is 6.15. The largest absolute Gasteiger partial charge is 0.390 e. The summed E-state index contributed by atoms with van der Waals surface area (Å²) in [6.07, 6.45) is -0.223. The molecule has 0 aliphatic carbocycles. The number of anilines is 1. The van der Waals surface area contributed by atoms with Gasteiger partial charge in [0.2, 0.25) is 0 Å². The third-order valence-corrected chi connectivity index (χ3v) is 6.25. The zero-order chi connectivity index (χ0) is 20.3. The Morgan fingerprint density at radius 2 is 2.18 bits per heavy atom. The van der Waals surface area contributed by atoms with Crippen molar-refractivity contribution in [2.45, 2.75) is 38.7 Å². The van der Waals surface area contributed by atoms with Gasteiger partial charge in [-0.1, -0.05) is 12.2 Å². The third kappa shape index (κ3) is 4.60. The summed E-state index contributed by atoms with van der Waals surface area (Å²) in [4.78, 5) is 11.1. The maximum Gasteiger partial charge on any atom is 0.356 e. The Bertz CT molecular complexity index is 910. The van der Waals surface area contributed by atoms with Gasteiger partial charge < -0.3 is 34.3 Å². The minimum atomic E-state index is -3.31. The van der Waals surface area contributed by atoms with Crippen LogP contribution in [0.4, 0.5) is 5.95 Å². The van der Waals surface area contributed by atoms with Crippen LogP contribution in [-0.4, -0.2) is 63.0 Å². The number of nitrogens with zero attached hydrogens (tertiary/aromatic N) is 3. The number of nitrogen functional groups attached to an aromatic ring is 1. The van der Waals surface area contributed by atoms with Gasteiger partial charge in [0.25, 0.3) is 0 Å². The highest BCUT2D eigenvalue weighted by atomic mass is 32.1. The van der Waals surface area contributed by atoms with Crippen LogP contribution in [0.2, 0.25) is 0 Å². The molecule has 3 rings (SSSR count). The molecule has 11 nitrogen and oxygen atoms in total. The van der Waals surface area contributed by atoms with Crippen LogP contribution >= 0.6 is 19.8 Å². The Labute approximate surface area is 166 Å². The Kier molecular flexibility index (Phi) is 6.81. The second-order valence-corrected chi connectivity index (χ2v) is 8.54. The summed E-state index contributed by atoms with van der Waals surface area (Å²) >= 11 is 5.16. The van der Waals surface area contributed by atoms with Crippen molar-refractivity contribution in [1.29, 1.82) is 0 Å². The van der Waals surface area contributed by atoms with Crippen LogP contribution in [0.25, 0.3) is 11.2 Å².